The number of benzene rings is 14. The van der Waals surface area contributed by atoms with E-state index in [-0.39, 0.29) is 0 Å². The van der Waals surface area contributed by atoms with Crippen molar-refractivity contribution in [2.75, 3.05) is 9.80 Å². The Morgan fingerprint density at radius 3 is 0.795 bits per heavy atom. The zero-order valence-corrected chi connectivity index (χ0v) is 43.1. The van der Waals surface area contributed by atoms with Crippen LogP contribution in [-0.2, 0) is 6.42 Å². The normalized spacial score (nSPS) is 11.2. The average Bonchev–Trinajstić information content (AvgIpc) is 3.45. The predicted molar refractivity (Wildman–Crippen MR) is 321 cm³/mol. The van der Waals surface area contributed by atoms with Crippen LogP contribution in [0.15, 0.2) is 288 Å². The maximum Gasteiger partial charge on any atom is 0.0540 e. The number of hydrogen-bond acceptors (Lipinski definition) is 2. The minimum absolute atomic E-state index is 1.03. The van der Waals surface area contributed by atoms with Gasteiger partial charge in [-0.1, -0.05) is 238 Å². The van der Waals surface area contributed by atoms with Gasteiger partial charge in [-0.15, -0.1) is 0 Å². The van der Waals surface area contributed by atoms with Gasteiger partial charge in [0.05, 0.1) is 11.4 Å². The zero-order valence-electron chi connectivity index (χ0n) is 39.9. The van der Waals surface area contributed by atoms with Gasteiger partial charge >= 0.3 is 0 Å². The summed E-state index contributed by atoms with van der Waals surface area (Å²) in [7, 11) is 0. The summed E-state index contributed by atoms with van der Waals surface area (Å²) in [6.07, 6.45) is 1.03. The first-order valence-electron chi connectivity index (χ1n) is 24.7. The Kier molecular flexibility index (Phi) is 12.8. The van der Waals surface area contributed by atoms with Crippen molar-refractivity contribution in [2.45, 2.75) is 6.42 Å². The van der Waals surface area contributed by atoms with Crippen molar-refractivity contribution in [3.8, 4) is 0 Å². The second-order valence-electron chi connectivity index (χ2n) is 18.3. The van der Waals surface area contributed by atoms with Gasteiger partial charge in [0.25, 0.3) is 0 Å². The third kappa shape index (κ3) is 9.06. The molecule has 0 radical (unpaired) electrons. The number of anilines is 6. The lowest BCUT2D eigenvalue weighted by Gasteiger charge is -2.29. The van der Waals surface area contributed by atoms with E-state index in [4.69, 9.17) is 0 Å². The highest BCUT2D eigenvalue weighted by atomic mass is 79.9. The van der Waals surface area contributed by atoms with E-state index in [1.807, 2.05) is 0 Å². The van der Waals surface area contributed by atoms with Crippen LogP contribution in [0.3, 0.4) is 0 Å². The Labute approximate surface area is 443 Å². The van der Waals surface area contributed by atoms with E-state index in [9.17, 15) is 0 Å². The van der Waals surface area contributed by atoms with Crippen LogP contribution in [0.4, 0.5) is 34.1 Å². The zero-order chi connectivity index (χ0) is 49.1. The van der Waals surface area contributed by atoms with Crippen LogP contribution in [0.5, 0.6) is 0 Å². The Morgan fingerprint density at radius 1 is 0.233 bits per heavy atom. The summed E-state index contributed by atoms with van der Waals surface area (Å²) in [6, 6.07) is 99.3. The molecule has 0 N–H and O–H groups in total. The highest BCUT2D eigenvalue weighted by Crippen LogP contribution is 2.47. The summed E-state index contributed by atoms with van der Waals surface area (Å²) in [6.45, 7) is 0. The van der Waals surface area contributed by atoms with Crippen LogP contribution in [0, 0.1) is 0 Å². The first-order valence-corrected chi connectivity index (χ1v) is 26.3. The quantitative estimate of drug-likeness (QED) is 0.140. The standard InChI is InChI=1S/C40H28N2.C16H8Br2.C13H12/c1-5-13-31(14-6-1)41(32-15-7-2-8-16-32)37-27-23-29-22-26-36-38(28-24-30-21-25-35(37)39(29)40(30)36)42(33-17-9-3-10-18-33)34-19-11-4-12-20-34;17-13-8-4-10-2-6-12-14(18)7-3-9-1-5-11(13)16(10)15(9)12;1-3-7-12(8-4-1)11-13-9-5-2-6-10-13/h1-28H;1-8H;1-10H,11H2. The fourth-order valence-electron chi connectivity index (χ4n) is 10.5. The molecular weight excluding hydrogens is 1020 g/mol. The van der Waals surface area contributed by atoms with Gasteiger partial charge in [-0.05, 0) is 144 Å². The van der Waals surface area contributed by atoms with Gasteiger partial charge in [0.1, 0.15) is 0 Å². The third-order valence-corrected chi connectivity index (χ3v) is 15.2. The van der Waals surface area contributed by atoms with Gasteiger partial charge in [-0.25, -0.2) is 0 Å². The van der Waals surface area contributed by atoms with Crippen molar-refractivity contribution >= 4 is 131 Å². The van der Waals surface area contributed by atoms with Crippen LogP contribution in [-0.4, -0.2) is 0 Å². The molecule has 0 bridgehead atoms. The van der Waals surface area contributed by atoms with Crippen LogP contribution < -0.4 is 9.80 Å². The van der Waals surface area contributed by atoms with Gasteiger partial charge in [-0.2, -0.15) is 0 Å². The Morgan fingerprint density at radius 2 is 0.479 bits per heavy atom. The molecule has 0 aromatic heterocycles. The Hall–Kier alpha value is -8.28. The average molecular weight is 1060 g/mol. The molecule has 0 fully saturated rings. The molecule has 14 aromatic carbocycles. The van der Waals surface area contributed by atoms with E-state index >= 15 is 0 Å². The fourth-order valence-corrected chi connectivity index (χ4v) is 11.4. The molecule has 73 heavy (non-hydrogen) atoms. The molecule has 2 nitrogen and oxygen atoms in total. The first kappa shape index (κ1) is 45.8. The number of nitrogens with zero attached hydrogens (tertiary/aromatic N) is 2. The fraction of sp³-hybridized carbons (Fsp3) is 0.0145. The lowest BCUT2D eigenvalue weighted by molar-refractivity contribution is 1.19. The first-order chi connectivity index (χ1) is 36.1. The molecule has 0 atom stereocenters. The lowest BCUT2D eigenvalue weighted by Crippen LogP contribution is -2.11. The van der Waals surface area contributed by atoms with Gasteiger partial charge in [0, 0.05) is 42.5 Å². The van der Waals surface area contributed by atoms with Crippen molar-refractivity contribution in [1.82, 2.24) is 0 Å². The number of rotatable bonds is 8. The highest BCUT2D eigenvalue weighted by Gasteiger charge is 2.21. The molecule has 0 amide bonds. The Bertz CT molecular complexity index is 3770. The molecule has 4 heteroatoms. The van der Waals surface area contributed by atoms with Gasteiger partial charge < -0.3 is 9.80 Å². The predicted octanol–water partition coefficient (Wildman–Crippen LogP) is 20.9. The summed E-state index contributed by atoms with van der Waals surface area (Å²) >= 11 is 7.30. The topological polar surface area (TPSA) is 6.48 Å². The summed E-state index contributed by atoms with van der Waals surface area (Å²) < 4.78 is 2.31. The van der Waals surface area contributed by atoms with Crippen LogP contribution in [0.1, 0.15) is 11.1 Å². The van der Waals surface area contributed by atoms with Crippen molar-refractivity contribution in [2.24, 2.45) is 0 Å². The largest absolute Gasteiger partial charge is 0.310 e. The molecule has 0 unspecified atom stereocenters. The molecule has 0 aliphatic rings. The Balaban J connectivity index is 0.000000142. The molecule has 14 aromatic rings. The third-order valence-electron chi connectivity index (χ3n) is 13.8. The minimum Gasteiger partial charge on any atom is -0.310 e. The van der Waals surface area contributed by atoms with Crippen molar-refractivity contribution < 1.29 is 0 Å². The smallest absolute Gasteiger partial charge is 0.0540 e. The van der Waals surface area contributed by atoms with Gasteiger partial charge in [-0.3, -0.25) is 0 Å². The van der Waals surface area contributed by atoms with Gasteiger partial charge in [0.2, 0.25) is 0 Å². The summed E-state index contributed by atoms with van der Waals surface area (Å²) in [4.78, 5) is 4.74. The van der Waals surface area contributed by atoms with E-state index < -0.39 is 0 Å². The summed E-state index contributed by atoms with van der Waals surface area (Å²) in [5, 5.41) is 15.4. The highest BCUT2D eigenvalue weighted by molar-refractivity contribution is 9.11. The van der Waals surface area contributed by atoms with Crippen LogP contribution in [0.25, 0.3) is 64.6 Å². The molecule has 0 heterocycles. The van der Waals surface area contributed by atoms with E-state index in [1.54, 1.807) is 0 Å². The van der Waals surface area contributed by atoms with E-state index in [2.05, 4.69) is 321 Å². The van der Waals surface area contributed by atoms with Crippen molar-refractivity contribution in [3.63, 3.8) is 0 Å². The van der Waals surface area contributed by atoms with Crippen LogP contribution in [0.2, 0.25) is 0 Å². The monoisotopic (exact) mass is 1060 g/mol. The SMILES string of the molecule is Brc1ccc2ccc3c(Br)ccc4ccc1c2c43.c1ccc(Cc2ccccc2)cc1.c1ccc(N(c2ccccc2)c2ccc3ccc4c(N(c5ccccc5)c5ccccc5)ccc5ccc2c3c54)cc1. The number of halogens is 2. The van der Waals surface area contributed by atoms with Crippen LogP contribution >= 0.6 is 31.9 Å². The molecular formula is C69H48Br2N2. The van der Waals surface area contributed by atoms with E-state index in [0.717, 1.165) is 38.1 Å². The van der Waals surface area contributed by atoms with Crippen molar-refractivity contribution in [1.29, 1.82) is 0 Å². The maximum absolute atomic E-state index is 3.65. The second-order valence-corrected chi connectivity index (χ2v) is 20.0. The molecule has 348 valence electrons. The lowest BCUT2D eigenvalue weighted by atomic mass is 9.91. The molecule has 14 rings (SSSR count). The molecule has 0 saturated carbocycles. The summed E-state index contributed by atoms with van der Waals surface area (Å²) in [5.41, 5.74) is 9.63. The van der Waals surface area contributed by atoms with E-state index in [1.165, 1.54) is 87.1 Å². The molecule has 0 saturated heterocycles. The summed E-state index contributed by atoms with van der Waals surface area (Å²) in [5.74, 6) is 0. The van der Waals surface area contributed by atoms with Gasteiger partial charge in [0.15, 0.2) is 0 Å². The molecule has 0 spiro atoms. The molecule has 0 aliphatic heterocycles. The van der Waals surface area contributed by atoms with Crippen molar-refractivity contribution in [3.05, 3.63) is 299 Å². The molecule has 0 aliphatic carbocycles. The minimum atomic E-state index is 1.03. The maximum atomic E-state index is 3.65. The number of para-hydroxylation sites is 4. The number of hydrogen-bond donors (Lipinski definition) is 0. The second kappa shape index (κ2) is 20.4. The van der Waals surface area contributed by atoms with E-state index in [0.29, 0.717) is 0 Å².